The second-order valence-corrected chi connectivity index (χ2v) is 4.40. The van der Waals surface area contributed by atoms with E-state index in [9.17, 15) is 9.59 Å². The van der Waals surface area contributed by atoms with Crippen LogP contribution in [-0.4, -0.2) is 25.1 Å². The first-order valence-corrected chi connectivity index (χ1v) is 6.87. The average Bonchev–Trinajstić information content (AvgIpc) is 2.55. The molecule has 0 aliphatic heterocycles. The second kappa shape index (κ2) is 7.47. The molecule has 0 fully saturated rings. The van der Waals surface area contributed by atoms with E-state index < -0.39 is 11.9 Å². The summed E-state index contributed by atoms with van der Waals surface area (Å²) in [6.45, 7) is 0. The minimum atomic E-state index is -0.539. The third kappa shape index (κ3) is 3.99. The largest absolute Gasteiger partial charge is 0.497 e. The molecule has 0 aliphatic carbocycles. The van der Waals surface area contributed by atoms with Crippen molar-refractivity contribution in [2.75, 3.05) is 13.2 Å². The number of carbonyl (C=O) groups is 2. The van der Waals surface area contributed by atoms with Crippen LogP contribution in [0.2, 0.25) is 0 Å². The Kier molecular flexibility index (Phi) is 5.38. The molecule has 0 heterocycles. The number of rotatable bonds is 5. The van der Waals surface area contributed by atoms with Gasteiger partial charge in [-0.25, -0.2) is 9.59 Å². The number of ether oxygens (including phenoxy) is 3. The summed E-state index contributed by atoms with van der Waals surface area (Å²) in [7, 11) is 1.55. The molecular formula is C16H13ClO5. The van der Waals surface area contributed by atoms with E-state index in [2.05, 4.69) is 4.74 Å². The van der Waals surface area contributed by atoms with Crippen LogP contribution in [-0.2, 0) is 4.74 Å². The summed E-state index contributed by atoms with van der Waals surface area (Å²) in [6, 6.07) is 12.3. The van der Waals surface area contributed by atoms with E-state index in [4.69, 9.17) is 21.1 Å². The molecule has 0 unspecified atom stereocenters. The van der Waals surface area contributed by atoms with Crippen molar-refractivity contribution in [2.45, 2.75) is 0 Å². The van der Waals surface area contributed by atoms with Crippen LogP contribution in [0.5, 0.6) is 11.5 Å². The van der Waals surface area contributed by atoms with E-state index in [-0.39, 0.29) is 6.07 Å². The Morgan fingerprint density at radius 3 is 1.86 bits per heavy atom. The second-order valence-electron chi connectivity index (χ2n) is 4.18. The molecule has 0 atom stereocenters. The van der Waals surface area contributed by atoms with Gasteiger partial charge in [-0.2, -0.15) is 0 Å². The van der Waals surface area contributed by atoms with Crippen molar-refractivity contribution in [3.63, 3.8) is 0 Å². The summed E-state index contributed by atoms with van der Waals surface area (Å²) in [5.41, 5.74) is 0.719. The lowest BCUT2D eigenvalue weighted by atomic mass is 10.2. The molecule has 22 heavy (non-hydrogen) atoms. The van der Waals surface area contributed by atoms with Gasteiger partial charge in [-0.1, -0.05) is 11.6 Å². The highest BCUT2D eigenvalue weighted by molar-refractivity contribution is 6.17. The molecule has 0 aromatic heterocycles. The number of hydrogen-bond donors (Lipinski definition) is 0. The highest BCUT2D eigenvalue weighted by atomic mass is 35.5. The molecule has 2 aromatic carbocycles. The van der Waals surface area contributed by atoms with Gasteiger partial charge in [-0.15, -0.1) is 0 Å². The van der Waals surface area contributed by atoms with E-state index in [1.165, 1.54) is 24.3 Å². The van der Waals surface area contributed by atoms with Crippen molar-refractivity contribution >= 4 is 23.5 Å². The van der Waals surface area contributed by atoms with E-state index in [1.54, 1.807) is 31.4 Å². The Morgan fingerprint density at radius 1 is 0.864 bits per heavy atom. The van der Waals surface area contributed by atoms with Crippen LogP contribution in [0.3, 0.4) is 0 Å². The number of hydrogen-bond acceptors (Lipinski definition) is 5. The Labute approximate surface area is 132 Å². The Balaban J connectivity index is 2.03. The number of methoxy groups -OCH3 is 1. The van der Waals surface area contributed by atoms with E-state index >= 15 is 0 Å². The third-order valence-electron chi connectivity index (χ3n) is 2.81. The quantitative estimate of drug-likeness (QED) is 0.480. The molecule has 0 aliphatic rings. The standard InChI is InChI=1S/C16H13ClO5/c1-20-13-6-2-12(3-7-13)16(19)22-14-8-4-11(5-9-14)15(18)21-10-17/h2-9H,10H2,1H3. The monoisotopic (exact) mass is 320 g/mol. The van der Waals surface area contributed by atoms with Gasteiger partial charge in [0.05, 0.1) is 18.2 Å². The molecule has 2 rings (SSSR count). The molecule has 0 spiro atoms. The predicted molar refractivity (Wildman–Crippen MR) is 80.5 cm³/mol. The zero-order chi connectivity index (χ0) is 15.9. The Bertz CT molecular complexity index is 649. The van der Waals surface area contributed by atoms with Crippen molar-refractivity contribution in [3.8, 4) is 11.5 Å². The van der Waals surface area contributed by atoms with Crippen LogP contribution >= 0.6 is 11.6 Å². The van der Waals surface area contributed by atoms with E-state index in [0.717, 1.165) is 0 Å². The molecule has 0 N–H and O–H groups in total. The molecule has 6 heteroatoms. The van der Waals surface area contributed by atoms with Gasteiger partial charge in [0.2, 0.25) is 0 Å². The van der Waals surface area contributed by atoms with Gasteiger partial charge in [0.1, 0.15) is 11.5 Å². The van der Waals surface area contributed by atoms with Gasteiger partial charge in [0, 0.05) is 0 Å². The fraction of sp³-hybridized carbons (Fsp3) is 0.125. The maximum absolute atomic E-state index is 12.0. The summed E-state index contributed by atoms with van der Waals surface area (Å²) < 4.78 is 14.9. The summed E-state index contributed by atoms with van der Waals surface area (Å²) in [5, 5.41) is 0. The van der Waals surface area contributed by atoms with Crippen molar-refractivity contribution < 1.29 is 23.8 Å². The molecule has 0 saturated heterocycles. The van der Waals surface area contributed by atoms with Gasteiger partial charge < -0.3 is 14.2 Å². The molecule has 0 amide bonds. The molecule has 5 nitrogen and oxygen atoms in total. The van der Waals surface area contributed by atoms with Crippen LogP contribution in [0.1, 0.15) is 20.7 Å². The van der Waals surface area contributed by atoms with Crippen molar-refractivity contribution in [1.29, 1.82) is 0 Å². The maximum atomic E-state index is 12.0. The molecule has 0 saturated carbocycles. The Morgan fingerprint density at radius 2 is 1.36 bits per heavy atom. The number of esters is 2. The number of halogens is 1. The van der Waals surface area contributed by atoms with Gasteiger partial charge in [-0.05, 0) is 48.5 Å². The number of benzene rings is 2. The van der Waals surface area contributed by atoms with Crippen LogP contribution in [0.4, 0.5) is 0 Å². The SMILES string of the molecule is COc1ccc(C(=O)Oc2ccc(C(=O)OCCl)cc2)cc1. The molecule has 0 bridgehead atoms. The van der Waals surface area contributed by atoms with E-state index in [1.807, 2.05) is 0 Å². The normalized spacial score (nSPS) is 9.91. The lowest BCUT2D eigenvalue weighted by Crippen LogP contribution is -2.09. The fourth-order valence-electron chi connectivity index (χ4n) is 1.69. The summed E-state index contributed by atoms with van der Waals surface area (Å²) in [4.78, 5) is 23.4. The van der Waals surface area contributed by atoms with Crippen molar-refractivity contribution in [3.05, 3.63) is 59.7 Å². The van der Waals surface area contributed by atoms with Crippen LogP contribution in [0, 0.1) is 0 Å². The first kappa shape index (κ1) is 15.9. The highest BCUT2D eigenvalue weighted by Crippen LogP contribution is 2.17. The number of alkyl halides is 1. The van der Waals surface area contributed by atoms with Gasteiger partial charge in [0.15, 0.2) is 6.07 Å². The smallest absolute Gasteiger partial charge is 0.343 e. The van der Waals surface area contributed by atoms with Crippen LogP contribution in [0.25, 0.3) is 0 Å². The third-order valence-corrected chi connectivity index (χ3v) is 2.92. The summed E-state index contributed by atoms with van der Waals surface area (Å²) in [6.07, 6.45) is 0. The zero-order valence-electron chi connectivity index (χ0n) is 11.7. The van der Waals surface area contributed by atoms with Crippen LogP contribution in [0.15, 0.2) is 48.5 Å². The van der Waals surface area contributed by atoms with E-state index in [0.29, 0.717) is 22.6 Å². The topological polar surface area (TPSA) is 61.8 Å². The summed E-state index contributed by atoms with van der Waals surface area (Å²) in [5.74, 6) is -0.0660. The number of carbonyl (C=O) groups excluding carboxylic acids is 2. The predicted octanol–water partition coefficient (Wildman–Crippen LogP) is 3.27. The minimum absolute atomic E-state index is 0.215. The maximum Gasteiger partial charge on any atom is 0.343 e. The Hall–Kier alpha value is -2.53. The van der Waals surface area contributed by atoms with Gasteiger partial charge in [0.25, 0.3) is 0 Å². The van der Waals surface area contributed by atoms with Gasteiger partial charge >= 0.3 is 11.9 Å². The molecule has 2 aromatic rings. The first-order valence-electron chi connectivity index (χ1n) is 6.33. The summed E-state index contributed by atoms with van der Waals surface area (Å²) >= 11 is 5.31. The fourth-order valence-corrected chi connectivity index (χ4v) is 1.78. The first-order chi connectivity index (χ1) is 10.6. The highest BCUT2D eigenvalue weighted by Gasteiger charge is 2.10. The lowest BCUT2D eigenvalue weighted by Gasteiger charge is -2.06. The molecule has 114 valence electrons. The lowest BCUT2D eigenvalue weighted by molar-refractivity contribution is 0.0574. The van der Waals surface area contributed by atoms with Crippen molar-refractivity contribution in [2.24, 2.45) is 0 Å². The van der Waals surface area contributed by atoms with Crippen molar-refractivity contribution in [1.82, 2.24) is 0 Å². The van der Waals surface area contributed by atoms with Gasteiger partial charge in [-0.3, -0.25) is 0 Å². The van der Waals surface area contributed by atoms with Crippen LogP contribution < -0.4 is 9.47 Å². The molecular weight excluding hydrogens is 308 g/mol. The molecule has 0 radical (unpaired) electrons. The zero-order valence-corrected chi connectivity index (χ0v) is 12.5. The minimum Gasteiger partial charge on any atom is -0.497 e. The average molecular weight is 321 g/mol.